The minimum atomic E-state index is 0.402. The summed E-state index contributed by atoms with van der Waals surface area (Å²) in [7, 11) is 0. The van der Waals surface area contributed by atoms with Gasteiger partial charge in [-0.2, -0.15) is 0 Å². The Morgan fingerprint density at radius 1 is 1.47 bits per heavy atom. The lowest BCUT2D eigenvalue weighted by atomic mass is 10.1. The van der Waals surface area contributed by atoms with Crippen molar-refractivity contribution in [3.63, 3.8) is 0 Å². The molecule has 0 aliphatic heterocycles. The number of hydrogen-bond donors (Lipinski definition) is 1. The van der Waals surface area contributed by atoms with E-state index in [-0.39, 0.29) is 0 Å². The van der Waals surface area contributed by atoms with Crippen LogP contribution in [0.3, 0.4) is 0 Å². The van der Waals surface area contributed by atoms with E-state index in [1.165, 1.54) is 0 Å². The molecule has 1 heterocycles. The molecule has 1 aromatic heterocycles. The summed E-state index contributed by atoms with van der Waals surface area (Å²) in [6.07, 6.45) is 1.59. The summed E-state index contributed by atoms with van der Waals surface area (Å²) in [6.45, 7) is 2.43. The second kappa shape index (κ2) is 4.16. The van der Waals surface area contributed by atoms with E-state index in [0.29, 0.717) is 12.4 Å². The van der Waals surface area contributed by atoms with E-state index >= 15 is 0 Å². The Kier molecular flexibility index (Phi) is 2.88. The molecule has 0 saturated carbocycles. The van der Waals surface area contributed by atoms with Gasteiger partial charge in [-0.05, 0) is 30.7 Å². The van der Waals surface area contributed by atoms with E-state index in [2.05, 4.69) is 20.9 Å². The van der Waals surface area contributed by atoms with E-state index in [1.807, 2.05) is 25.1 Å². The molecule has 0 bridgehead atoms. The summed E-state index contributed by atoms with van der Waals surface area (Å²) in [4.78, 5) is 4.26. The molecule has 0 atom stereocenters. The molecule has 0 saturated heterocycles. The van der Waals surface area contributed by atoms with Gasteiger partial charge in [-0.1, -0.05) is 15.9 Å². The highest BCUT2D eigenvalue weighted by Gasteiger charge is 2.06. The number of rotatable bonds is 2. The first kappa shape index (κ1) is 10.4. The van der Waals surface area contributed by atoms with Gasteiger partial charge in [0.15, 0.2) is 0 Å². The number of benzene rings is 1. The fraction of sp³-hybridized carbons (Fsp3) is 0.182. The molecule has 1 aromatic carbocycles. The lowest BCUT2D eigenvalue weighted by Gasteiger charge is -1.99. The molecule has 0 fully saturated rings. The van der Waals surface area contributed by atoms with E-state index < -0.39 is 0 Å². The third-order valence-electron chi connectivity index (χ3n) is 2.17. The van der Waals surface area contributed by atoms with Gasteiger partial charge in [0, 0.05) is 16.6 Å². The number of nitrogens with zero attached hydrogens (tertiary/aromatic N) is 1. The second-order valence-corrected chi connectivity index (χ2v) is 4.17. The third kappa shape index (κ3) is 2.11. The van der Waals surface area contributed by atoms with E-state index in [9.17, 15) is 0 Å². The van der Waals surface area contributed by atoms with Crippen LogP contribution < -0.4 is 5.73 Å². The summed E-state index contributed by atoms with van der Waals surface area (Å²) < 4.78 is 6.41. The highest BCUT2D eigenvalue weighted by molar-refractivity contribution is 9.10. The van der Waals surface area contributed by atoms with Gasteiger partial charge in [0.1, 0.15) is 6.26 Å². The first-order chi connectivity index (χ1) is 7.20. The fourth-order valence-corrected chi connectivity index (χ4v) is 1.56. The summed E-state index contributed by atoms with van der Waals surface area (Å²) in [6, 6.07) is 5.97. The number of oxazole rings is 1. The zero-order chi connectivity index (χ0) is 10.8. The first-order valence-corrected chi connectivity index (χ1v) is 5.41. The molecule has 0 aliphatic rings. The summed E-state index contributed by atoms with van der Waals surface area (Å²) in [5, 5.41) is 0. The molecule has 0 radical (unpaired) electrons. The lowest BCUT2D eigenvalue weighted by Crippen LogP contribution is -1.95. The van der Waals surface area contributed by atoms with Crippen LogP contribution in [0.2, 0.25) is 0 Å². The lowest BCUT2D eigenvalue weighted by molar-refractivity contribution is 0.572. The SMILES string of the molecule is Cc1cc(-c2nc(CN)co2)ccc1Br. The first-order valence-electron chi connectivity index (χ1n) is 4.61. The molecule has 0 spiro atoms. The van der Waals surface area contributed by atoms with Crippen molar-refractivity contribution >= 4 is 15.9 Å². The molecule has 4 heteroatoms. The van der Waals surface area contributed by atoms with Crippen LogP contribution in [0.1, 0.15) is 11.3 Å². The van der Waals surface area contributed by atoms with Crippen LogP contribution in [0.15, 0.2) is 33.4 Å². The Bertz CT molecular complexity index is 479. The predicted molar refractivity (Wildman–Crippen MR) is 62.3 cm³/mol. The van der Waals surface area contributed by atoms with Crippen molar-refractivity contribution in [2.24, 2.45) is 5.73 Å². The van der Waals surface area contributed by atoms with Crippen molar-refractivity contribution in [2.45, 2.75) is 13.5 Å². The zero-order valence-corrected chi connectivity index (χ0v) is 9.91. The third-order valence-corrected chi connectivity index (χ3v) is 3.06. The average molecular weight is 267 g/mol. The van der Waals surface area contributed by atoms with Crippen molar-refractivity contribution in [1.29, 1.82) is 0 Å². The zero-order valence-electron chi connectivity index (χ0n) is 8.33. The summed E-state index contributed by atoms with van der Waals surface area (Å²) in [5.74, 6) is 0.617. The second-order valence-electron chi connectivity index (χ2n) is 3.31. The van der Waals surface area contributed by atoms with Crippen LogP contribution in [0.5, 0.6) is 0 Å². The minimum Gasteiger partial charge on any atom is -0.444 e. The van der Waals surface area contributed by atoms with Gasteiger partial charge in [0.2, 0.25) is 5.89 Å². The Balaban J connectivity index is 2.40. The Hall–Kier alpha value is -1.13. The number of hydrogen-bond acceptors (Lipinski definition) is 3. The normalized spacial score (nSPS) is 10.6. The molecule has 2 N–H and O–H groups in total. The molecule has 3 nitrogen and oxygen atoms in total. The van der Waals surface area contributed by atoms with Crippen LogP contribution in [0.25, 0.3) is 11.5 Å². The van der Waals surface area contributed by atoms with E-state index in [0.717, 1.165) is 21.3 Å². The van der Waals surface area contributed by atoms with Crippen molar-refractivity contribution in [2.75, 3.05) is 0 Å². The molecule has 78 valence electrons. The van der Waals surface area contributed by atoms with Crippen LogP contribution in [0.4, 0.5) is 0 Å². The van der Waals surface area contributed by atoms with Gasteiger partial charge in [-0.3, -0.25) is 0 Å². The average Bonchev–Trinajstić information content (AvgIpc) is 2.70. The summed E-state index contributed by atoms with van der Waals surface area (Å²) >= 11 is 3.45. The molecule has 0 unspecified atom stereocenters. The number of halogens is 1. The fourth-order valence-electron chi connectivity index (χ4n) is 1.31. The Labute approximate surface area is 96.4 Å². The minimum absolute atomic E-state index is 0.402. The molecule has 0 amide bonds. The van der Waals surface area contributed by atoms with Crippen LogP contribution in [-0.4, -0.2) is 4.98 Å². The number of aryl methyl sites for hydroxylation is 1. The van der Waals surface area contributed by atoms with Gasteiger partial charge in [0.05, 0.1) is 5.69 Å². The van der Waals surface area contributed by atoms with Crippen molar-refractivity contribution in [3.8, 4) is 11.5 Å². The van der Waals surface area contributed by atoms with Crippen molar-refractivity contribution < 1.29 is 4.42 Å². The summed E-state index contributed by atoms with van der Waals surface area (Å²) in [5.41, 5.74) is 8.36. The van der Waals surface area contributed by atoms with E-state index in [1.54, 1.807) is 6.26 Å². The quantitative estimate of drug-likeness (QED) is 0.910. The monoisotopic (exact) mass is 266 g/mol. The van der Waals surface area contributed by atoms with Crippen LogP contribution in [0, 0.1) is 6.92 Å². The van der Waals surface area contributed by atoms with Gasteiger partial charge in [-0.25, -0.2) is 4.98 Å². The van der Waals surface area contributed by atoms with Gasteiger partial charge < -0.3 is 10.2 Å². The maximum atomic E-state index is 5.47. The molecule has 0 aliphatic carbocycles. The molecule has 2 rings (SSSR count). The smallest absolute Gasteiger partial charge is 0.226 e. The molecule has 2 aromatic rings. The highest BCUT2D eigenvalue weighted by Crippen LogP contribution is 2.24. The van der Waals surface area contributed by atoms with E-state index in [4.69, 9.17) is 10.2 Å². The standard InChI is InChI=1S/C11H11BrN2O/c1-7-4-8(2-3-10(7)12)11-14-9(5-13)6-15-11/h2-4,6H,5,13H2,1H3. The van der Waals surface area contributed by atoms with Crippen molar-refractivity contribution in [3.05, 3.63) is 40.2 Å². The highest BCUT2D eigenvalue weighted by atomic mass is 79.9. The maximum absolute atomic E-state index is 5.47. The predicted octanol–water partition coefficient (Wildman–Crippen LogP) is 2.87. The molecule has 15 heavy (non-hydrogen) atoms. The van der Waals surface area contributed by atoms with Crippen LogP contribution in [-0.2, 0) is 6.54 Å². The molecular weight excluding hydrogens is 256 g/mol. The Morgan fingerprint density at radius 2 is 2.27 bits per heavy atom. The maximum Gasteiger partial charge on any atom is 0.226 e. The topological polar surface area (TPSA) is 52.0 Å². The van der Waals surface area contributed by atoms with Crippen LogP contribution >= 0.6 is 15.9 Å². The van der Waals surface area contributed by atoms with Gasteiger partial charge in [-0.15, -0.1) is 0 Å². The Morgan fingerprint density at radius 3 is 2.87 bits per heavy atom. The molecular formula is C11H11BrN2O. The van der Waals surface area contributed by atoms with Gasteiger partial charge >= 0.3 is 0 Å². The largest absolute Gasteiger partial charge is 0.444 e. The number of aromatic nitrogens is 1. The number of nitrogens with two attached hydrogens (primary N) is 1. The van der Waals surface area contributed by atoms with Gasteiger partial charge in [0.25, 0.3) is 0 Å². The van der Waals surface area contributed by atoms with Crippen molar-refractivity contribution in [1.82, 2.24) is 4.98 Å².